The topological polar surface area (TPSA) is 4.93 Å². The molecule has 0 spiro atoms. The molecule has 0 atom stereocenters. The number of hydrogen-bond acceptors (Lipinski definition) is 0. The first kappa shape index (κ1) is 31.3. The minimum atomic E-state index is -0.0491. The molecule has 0 aliphatic heterocycles. The fourth-order valence-corrected chi connectivity index (χ4v) is 8.75. The molecule has 1 nitrogen and oxygen atoms in total. The molecule has 9 aromatic rings. The average molecular weight is 678 g/mol. The normalized spacial score (nSPS) is 12.9. The quantitative estimate of drug-likeness (QED) is 0.165. The van der Waals surface area contributed by atoms with Crippen molar-refractivity contribution in [2.45, 2.75) is 25.7 Å². The Hall–Kier alpha value is -6.44. The lowest BCUT2D eigenvalue weighted by Crippen LogP contribution is -2.14. The second-order valence-corrected chi connectivity index (χ2v) is 15.0. The number of para-hydroxylation sites is 1. The van der Waals surface area contributed by atoms with Crippen molar-refractivity contribution in [2.24, 2.45) is 0 Å². The lowest BCUT2D eigenvalue weighted by Gasteiger charge is -2.21. The van der Waals surface area contributed by atoms with Gasteiger partial charge in [0, 0.05) is 21.8 Å². The standard InChI is InChI=1S/C52H39N/c1-52(2)46-21-8-6-20-44(46)51-47(52)22-12-24-50(51)53-48-23-9-7-19-43(48)45-34-42(29-30-49(45)53)41-18-11-17-40(33-41)39-16-10-13-36(32-39)31-35-25-27-38(28-26-35)37-14-4-3-5-15-37/h3-30,32-34H,31H2,1-2H3. The molecule has 0 saturated heterocycles. The third kappa shape index (κ3) is 5.23. The third-order valence-electron chi connectivity index (χ3n) is 11.4. The molecule has 0 saturated carbocycles. The zero-order valence-electron chi connectivity index (χ0n) is 30.1. The minimum Gasteiger partial charge on any atom is -0.309 e. The second-order valence-electron chi connectivity index (χ2n) is 15.0. The fourth-order valence-electron chi connectivity index (χ4n) is 8.75. The summed E-state index contributed by atoms with van der Waals surface area (Å²) in [6.07, 6.45) is 0.900. The van der Waals surface area contributed by atoms with Gasteiger partial charge >= 0.3 is 0 Å². The second kappa shape index (κ2) is 12.4. The fraction of sp³-hybridized carbons (Fsp3) is 0.0769. The van der Waals surface area contributed by atoms with Gasteiger partial charge in [0.2, 0.25) is 0 Å². The molecule has 1 heterocycles. The molecule has 0 radical (unpaired) electrons. The van der Waals surface area contributed by atoms with Crippen molar-refractivity contribution < 1.29 is 0 Å². The van der Waals surface area contributed by atoms with Crippen molar-refractivity contribution in [3.63, 3.8) is 0 Å². The maximum Gasteiger partial charge on any atom is 0.0543 e. The van der Waals surface area contributed by atoms with E-state index in [0.717, 1.165) is 6.42 Å². The van der Waals surface area contributed by atoms with Gasteiger partial charge in [0.05, 0.1) is 16.7 Å². The van der Waals surface area contributed by atoms with Crippen LogP contribution in [-0.2, 0) is 11.8 Å². The van der Waals surface area contributed by atoms with Gasteiger partial charge in [-0.2, -0.15) is 0 Å². The summed E-state index contributed by atoms with van der Waals surface area (Å²) in [5.41, 5.74) is 19.2. The zero-order chi connectivity index (χ0) is 35.5. The molecular weight excluding hydrogens is 639 g/mol. The van der Waals surface area contributed by atoms with E-state index >= 15 is 0 Å². The Morgan fingerprint density at radius 2 is 0.981 bits per heavy atom. The monoisotopic (exact) mass is 677 g/mol. The zero-order valence-corrected chi connectivity index (χ0v) is 30.1. The Labute approximate surface area is 311 Å². The van der Waals surface area contributed by atoms with Crippen LogP contribution >= 0.6 is 0 Å². The van der Waals surface area contributed by atoms with E-state index in [0.29, 0.717) is 0 Å². The Morgan fingerprint density at radius 1 is 0.396 bits per heavy atom. The van der Waals surface area contributed by atoms with E-state index in [1.54, 1.807) is 0 Å². The summed E-state index contributed by atoms with van der Waals surface area (Å²) < 4.78 is 2.49. The number of benzene rings is 8. The van der Waals surface area contributed by atoms with Crippen LogP contribution in [0.2, 0.25) is 0 Å². The molecule has 1 aliphatic carbocycles. The molecule has 1 aromatic heterocycles. The number of nitrogens with zero attached hydrogens (tertiary/aromatic N) is 1. The maximum atomic E-state index is 2.49. The predicted molar refractivity (Wildman–Crippen MR) is 224 cm³/mol. The van der Waals surface area contributed by atoms with E-state index in [2.05, 4.69) is 206 Å². The summed E-state index contributed by atoms with van der Waals surface area (Å²) >= 11 is 0. The van der Waals surface area contributed by atoms with Crippen LogP contribution in [0, 0.1) is 0 Å². The summed E-state index contributed by atoms with van der Waals surface area (Å²) in [6.45, 7) is 4.71. The maximum absolute atomic E-state index is 2.49. The Bertz CT molecular complexity index is 2820. The lowest BCUT2D eigenvalue weighted by molar-refractivity contribution is 0.660. The van der Waals surface area contributed by atoms with E-state index < -0.39 is 0 Å². The highest BCUT2D eigenvalue weighted by Crippen LogP contribution is 2.51. The Morgan fingerprint density at radius 3 is 1.81 bits per heavy atom. The van der Waals surface area contributed by atoms with Crippen LogP contribution < -0.4 is 0 Å². The summed E-state index contributed by atoms with van der Waals surface area (Å²) in [5, 5.41) is 2.54. The highest BCUT2D eigenvalue weighted by Gasteiger charge is 2.37. The van der Waals surface area contributed by atoms with Crippen molar-refractivity contribution in [3.05, 3.63) is 210 Å². The largest absolute Gasteiger partial charge is 0.309 e. The van der Waals surface area contributed by atoms with Gasteiger partial charge in [0.15, 0.2) is 0 Å². The van der Waals surface area contributed by atoms with Crippen LogP contribution in [-0.4, -0.2) is 4.57 Å². The average Bonchev–Trinajstić information content (AvgIpc) is 3.67. The molecule has 0 N–H and O–H groups in total. The van der Waals surface area contributed by atoms with Crippen molar-refractivity contribution in [3.8, 4) is 50.2 Å². The van der Waals surface area contributed by atoms with Crippen LogP contribution in [0.3, 0.4) is 0 Å². The van der Waals surface area contributed by atoms with Gasteiger partial charge in [-0.05, 0) is 98.0 Å². The van der Waals surface area contributed by atoms with Gasteiger partial charge in [-0.25, -0.2) is 0 Å². The van der Waals surface area contributed by atoms with Crippen LogP contribution in [0.25, 0.3) is 72.0 Å². The Balaban J connectivity index is 1.01. The number of fused-ring (bicyclic) bond motifs is 6. The smallest absolute Gasteiger partial charge is 0.0543 e. The molecular formula is C52H39N. The molecule has 1 heteroatoms. The number of aromatic nitrogens is 1. The molecule has 252 valence electrons. The van der Waals surface area contributed by atoms with Crippen LogP contribution in [0.4, 0.5) is 0 Å². The summed E-state index contributed by atoms with van der Waals surface area (Å²) in [5.74, 6) is 0. The first-order valence-electron chi connectivity index (χ1n) is 18.6. The first-order chi connectivity index (χ1) is 26.0. The highest BCUT2D eigenvalue weighted by molar-refractivity contribution is 6.11. The van der Waals surface area contributed by atoms with Gasteiger partial charge in [0.1, 0.15) is 0 Å². The van der Waals surface area contributed by atoms with Gasteiger partial charge in [-0.1, -0.05) is 172 Å². The molecule has 0 bridgehead atoms. The minimum absolute atomic E-state index is 0.0491. The molecule has 0 unspecified atom stereocenters. The molecule has 0 amide bonds. The molecule has 53 heavy (non-hydrogen) atoms. The predicted octanol–water partition coefficient (Wildman–Crippen LogP) is 13.7. The van der Waals surface area contributed by atoms with Crippen LogP contribution in [0.5, 0.6) is 0 Å². The summed E-state index contributed by atoms with van der Waals surface area (Å²) in [4.78, 5) is 0. The molecule has 10 rings (SSSR count). The van der Waals surface area contributed by atoms with Gasteiger partial charge in [-0.3, -0.25) is 0 Å². The van der Waals surface area contributed by atoms with Gasteiger partial charge < -0.3 is 4.57 Å². The summed E-state index contributed by atoms with van der Waals surface area (Å²) in [7, 11) is 0. The first-order valence-corrected chi connectivity index (χ1v) is 18.6. The summed E-state index contributed by atoms with van der Waals surface area (Å²) in [6, 6.07) is 69.3. The van der Waals surface area contributed by atoms with Crippen LogP contribution in [0.15, 0.2) is 188 Å². The van der Waals surface area contributed by atoms with E-state index in [1.165, 1.54) is 94.3 Å². The van der Waals surface area contributed by atoms with E-state index in [9.17, 15) is 0 Å². The van der Waals surface area contributed by atoms with Crippen molar-refractivity contribution >= 4 is 21.8 Å². The third-order valence-corrected chi connectivity index (χ3v) is 11.4. The molecule has 0 fully saturated rings. The van der Waals surface area contributed by atoms with Gasteiger partial charge in [-0.15, -0.1) is 0 Å². The Kier molecular flexibility index (Phi) is 7.30. The molecule has 1 aliphatic rings. The highest BCUT2D eigenvalue weighted by atomic mass is 15.0. The van der Waals surface area contributed by atoms with E-state index in [-0.39, 0.29) is 5.41 Å². The SMILES string of the molecule is CC1(C)c2ccccc2-c2c(-n3c4ccccc4c4cc(-c5cccc(-c6cccc(Cc7ccc(-c8ccccc8)cc7)c6)c5)ccc43)cccc21. The number of hydrogen-bond donors (Lipinski definition) is 0. The van der Waals surface area contributed by atoms with Crippen LogP contribution in [0.1, 0.15) is 36.1 Å². The number of rotatable bonds is 6. The van der Waals surface area contributed by atoms with E-state index in [4.69, 9.17) is 0 Å². The van der Waals surface area contributed by atoms with Crippen molar-refractivity contribution in [1.29, 1.82) is 0 Å². The van der Waals surface area contributed by atoms with E-state index in [1.807, 2.05) is 0 Å². The molecule has 8 aromatic carbocycles. The van der Waals surface area contributed by atoms with Gasteiger partial charge in [0.25, 0.3) is 0 Å². The van der Waals surface area contributed by atoms with Crippen molar-refractivity contribution in [2.75, 3.05) is 0 Å². The lowest BCUT2D eigenvalue weighted by atomic mass is 9.82. The van der Waals surface area contributed by atoms with Crippen molar-refractivity contribution in [1.82, 2.24) is 4.57 Å².